The first-order chi connectivity index (χ1) is 0. The maximum Gasteiger partial charge on any atom is 4.00 e. The van der Waals surface area contributed by atoms with E-state index in [-0.39, 0.29) is 78.7 Å². The van der Waals surface area contributed by atoms with Gasteiger partial charge in [-0.15, -0.1) is 0 Å². The summed E-state index contributed by atoms with van der Waals surface area (Å²) in [5.74, 6) is 0. The summed E-state index contributed by atoms with van der Waals surface area (Å²) in [6, 6.07) is 0. The standard InChI is InChI=1S/6CH3.2Fe/h6*1H3;;/q6*-1;+2;+4. The maximum atomic E-state index is 0. The molecule has 58 valence electrons. The number of hydrogen-bond donors (Lipinski definition) is 0. The van der Waals surface area contributed by atoms with E-state index < -0.39 is 0 Å². The van der Waals surface area contributed by atoms with Gasteiger partial charge in [0.05, 0.1) is 0 Å². The fraction of sp³-hybridized carbons (Fsp3) is 0. The molecule has 0 unspecified atom stereocenters. The van der Waals surface area contributed by atoms with E-state index in [2.05, 4.69) is 0 Å². The smallest absolute Gasteiger partial charge is 0.358 e. The summed E-state index contributed by atoms with van der Waals surface area (Å²) >= 11 is 0. The summed E-state index contributed by atoms with van der Waals surface area (Å²) in [7, 11) is 0. The molecule has 0 aromatic heterocycles. The SMILES string of the molecule is [CH3-].[CH3-].[CH3-].[CH3-].[CH3-].[CH3-].[Fe+2].[Fe+4]. The van der Waals surface area contributed by atoms with Crippen LogP contribution >= 0.6 is 0 Å². The second-order valence-electron chi connectivity index (χ2n) is 0. The van der Waals surface area contributed by atoms with Crippen LogP contribution in [0, 0.1) is 44.6 Å². The molecule has 0 aliphatic carbocycles. The van der Waals surface area contributed by atoms with Crippen LogP contribution in [-0.4, -0.2) is 0 Å². The van der Waals surface area contributed by atoms with Crippen LogP contribution in [0.2, 0.25) is 0 Å². The molecular weight excluding hydrogens is 184 g/mol. The molecule has 0 aromatic rings. The molecule has 0 fully saturated rings. The van der Waals surface area contributed by atoms with Crippen LogP contribution in [0.3, 0.4) is 0 Å². The molecule has 0 heterocycles. The van der Waals surface area contributed by atoms with Crippen molar-refractivity contribution in [2.45, 2.75) is 0 Å². The van der Waals surface area contributed by atoms with E-state index in [1.54, 1.807) is 0 Å². The molecule has 0 aromatic carbocycles. The van der Waals surface area contributed by atoms with Crippen LogP contribution in [0.15, 0.2) is 0 Å². The first kappa shape index (κ1) is 541. The molecule has 0 spiro atoms. The molecule has 0 nitrogen and oxygen atoms in total. The van der Waals surface area contributed by atoms with Gasteiger partial charge in [-0.1, -0.05) is 0 Å². The fourth-order valence-electron chi connectivity index (χ4n) is 0. The van der Waals surface area contributed by atoms with Crippen molar-refractivity contribution >= 4 is 0 Å². The molecule has 0 rings (SSSR count). The van der Waals surface area contributed by atoms with Crippen molar-refractivity contribution in [2.24, 2.45) is 0 Å². The zero-order valence-corrected chi connectivity index (χ0v) is 8.92. The monoisotopic (exact) mass is 202 g/mol. The Bertz CT molecular complexity index is 6.49. The van der Waals surface area contributed by atoms with Crippen molar-refractivity contribution in [3.05, 3.63) is 44.6 Å². The molecule has 0 radical (unpaired) electrons. The van der Waals surface area contributed by atoms with E-state index >= 15 is 0 Å². The van der Waals surface area contributed by atoms with Gasteiger partial charge in [0, 0.05) is 0 Å². The van der Waals surface area contributed by atoms with Crippen LogP contribution in [0.5, 0.6) is 0 Å². The number of hydrogen-bond acceptors (Lipinski definition) is 0. The first-order valence-electron chi connectivity index (χ1n) is 0. The van der Waals surface area contributed by atoms with Crippen LogP contribution in [0.1, 0.15) is 0 Å². The minimum Gasteiger partial charge on any atom is -0.358 e. The molecular formula is C6H18Fe2. The van der Waals surface area contributed by atoms with Gasteiger partial charge in [0.15, 0.2) is 0 Å². The Morgan fingerprint density at radius 2 is 0.375 bits per heavy atom. The van der Waals surface area contributed by atoms with E-state index in [9.17, 15) is 0 Å². The molecule has 8 heavy (non-hydrogen) atoms. The van der Waals surface area contributed by atoms with E-state index in [1.165, 1.54) is 0 Å². The summed E-state index contributed by atoms with van der Waals surface area (Å²) < 4.78 is 0. The third kappa shape index (κ3) is 238. The van der Waals surface area contributed by atoms with Gasteiger partial charge in [0.1, 0.15) is 0 Å². The average Bonchev–Trinajstić information content (AvgIpc) is 0. The number of rotatable bonds is 0. The quantitative estimate of drug-likeness (QED) is 0.418. The predicted molar refractivity (Wildman–Crippen MR) is 38.5 cm³/mol. The van der Waals surface area contributed by atoms with Crippen LogP contribution < -0.4 is 0 Å². The van der Waals surface area contributed by atoms with Crippen molar-refractivity contribution < 1.29 is 34.1 Å². The third-order valence-corrected chi connectivity index (χ3v) is 0. The molecule has 0 atom stereocenters. The van der Waals surface area contributed by atoms with Crippen LogP contribution in [0.25, 0.3) is 0 Å². The Balaban J connectivity index is 0. The van der Waals surface area contributed by atoms with E-state index in [0.29, 0.717) is 0 Å². The third-order valence-electron chi connectivity index (χ3n) is 0. The first-order valence-corrected chi connectivity index (χ1v) is 0. The molecule has 0 saturated heterocycles. The van der Waals surface area contributed by atoms with Gasteiger partial charge in [-0.2, -0.15) is 0 Å². The van der Waals surface area contributed by atoms with Gasteiger partial charge in [0.25, 0.3) is 0 Å². The van der Waals surface area contributed by atoms with Crippen molar-refractivity contribution in [2.75, 3.05) is 0 Å². The zero-order chi connectivity index (χ0) is 0. The normalized spacial score (nSPS) is 0. The Kier molecular flexibility index (Phi) is 25000. The second kappa shape index (κ2) is 369. The van der Waals surface area contributed by atoms with E-state index in [4.69, 9.17) is 0 Å². The van der Waals surface area contributed by atoms with Gasteiger partial charge < -0.3 is 44.6 Å². The molecule has 0 aliphatic heterocycles. The largest absolute Gasteiger partial charge is 4.00 e. The van der Waals surface area contributed by atoms with E-state index in [1.807, 2.05) is 0 Å². The molecule has 2 heteroatoms. The van der Waals surface area contributed by atoms with E-state index in [0.717, 1.165) is 0 Å². The average molecular weight is 202 g/mol. The Hall–Kier alpha value is 1.04. The summed E-state index contributed by atoms with van der Waals surface area (Å²) in [4.78, 5) is 0. The van der Waals surface area contributed by atoms with Gasteiger partial charge in [-0.05, 0) is 0 Å². The van der Waals surface area contributed by atoms with Gasteiger partial charge in [-0.3, -0.25) is 0 Å². The van der Waals surface area contributed by atoms with Gasteiger partial charge in [-0.25, -0.2) is 0 Å². The Labute approximate surface area is 78.8 Å². The van der Waals surface area contributed by atoms with Crippen LogP contribution in [0.4, 0.5) is 0 Å². The molecule has 0 bridgehead atoms. The zero-order valence-electron chi connectivity index (χ0n) is 6.71. The van der Waals surface area contributed by atoms with Crippen LogP contribution in [-0.2, 0) is 34.1 Å². The summed E-state index contributed by atoms with van der Waals surface area (Å²) in [6.07, 6.45) is 0. The Morgan fingerprint density at radius 3 is 0.375 bits per heavy atom. The molecule has 0 saturated carbocycles. The topological polar surface area (TPSA) is 0 Å². The minimum absolute atomic E-state index is 0. The minimum atomic E-state index is 0. The van der Waals surface area contributed by atoms with Gasteiger partial charge >= 0.3 is 34.1 Å². The van der Waals surface area contributed by atoms with Crippen molar-refractivity contribution in [3.63, 3.8) is 0 Å². The summed E-state index contributed by atoms with van der Waals surface area (Å²) in [5.41, 5.74) is 0. The predicted octanol–water partition coefficient (Wildman–Crippen LogP) is 2.70. The molecule has 0 aliphatic rings. The van der Waals surface area contributed by atoms with Crippen molar-refractivity contribution in [3.8, 4) is 0 Å². The van der Waals surface area contributed by atoms with Crippen molar-refractivity contribution in [1.29, 1.82) is 0 Å². The Morgan fingerprint density at radius 1 is 0.375 bits per heavy atom. The van der Waals surface area contributed by atoms with Crippen molar-refractivity contribution in [1.82, 2.24) is 0 Å². The summed E-state index contributed by atoms with van der Waals surface area (Å²) in [5, 5.41) is 0. The van der Waals surface area contributed by atoms with Gasteiger partial charge in [0.2, 0.25) is 0 Å². The maximum absolute atomic E-state index is 0. The fourth-order valence-corrected chi connectivity index (χ4v) is 0. The molecule has 0 N–H and O–H groups in total. The second-order valence-corrected chi connectivity index (χ2v) is 0. The summed E-state index contributed by atoms with van der Waals surface area (Å²) in [6.45, 7) is 0. The molecule has 0 amide bonds.